The quantitative estimate of drug-likeness (QED) is 0.388. The van der Waals surface area contributed by atoms with Crippen LogP contribution in [-0.2, 0) is 14.3 Å². The number of nitrogens with zero attached hydrogens (tertiary/aromatic N) is 5. The van der Waals surface area contributed by atoms with Gasteiger partial charge in [-0.15, -0.1) is 0 Å². The van der Waals surface area contributed by atoms with Crippen molar-refractivity contribution in [3.05, 3.63) is 83.0 Å². The Morgan fingerprint density at radius 1 is 1.21 bits per heavy atom. The number of aromatic nitrogens is 2. The normalized spacial score (nSPS) is 18.3. The molecule has 1 aliphatic heterocycles. The Morgan fingerprint density at radius 3 is 2.63 bits per heavy atom. The third-order valence-corrected chi connectivity index (χ3v) is 7.22. The number of halogens is 4. The summed E-state index contributed by atoms with van der Waals surface area (Å²) in [6, 6.07) is 7.91. The van der Waals surface area contributed by atoms with Crippen LogP contribution in [0.5, 0.6) is 0 Å². The molecule has 43 heavy (non-hydrogen) atoms. The number of carbonyl (C=O) groups excluding carboxylic acids is 3. The van der Waals surface area contributed by atoms with Crippen LogP contribution in [0.25, 0.3) is 0 Å². The number of pyridine rings is 2. The van der Waals surface area contributed by atoms with E-state index in [0.717, 1.165) is 28.3 Å². The highest BCUT2D eigenvalue weighted by Gasteiger charge is 2.48. The van der Waals surface area contributed by atoms with E-state index in [-0.39, 0.29) is 48.1 Å². The van der Waals surface area contributed by atoms with Crippen molar-refractivity contribution >= 4 is 41.0 Å². The second-order valence-corrected chi connectivity index (χ2v) is 10.2. The van der Waals surface area contributed by atoms with Gasteiger partial charge in [-0.1, -0.05) is 37.2 Å². The van der Waals surface area contributed by atoms with Crippen LogP contribution in [0, 0.1) is 17.1 Å². The van der Waals surface area contributed by atoms with Crippen LogP contribution in [-0.4, -0.2) is 52.5 Å². The van der Waals surface area contributed by atoms with Crippen molar-refractivity contribution in [2.24, 2.45) is 0 Å². The van der Waals surface area contributed by atoms with Crippen molar-refractivity contribution in [3.63, 3.8) is 0 Å². The van der Waals surface area contributed by atoms with Crippen molar-refractivity contribution in [2.75, 3.05) is 16.4 Å². The van der Waals surface area contributed by atoms with Gasteiger partial charge in [-0.3, -0.25) is 19.5 Å². The molecule has 3 heterocycles. The maximum atomic E-state index is 14.5. The molecule has 1 saturated heterocycles. The minimum absolute atomic E-state index is 0. The van der Waals surface area contributed by atoms with Crippen LogP contribution in [0.4, 0.5) is 29.5 Å². The van der Waals surface area contributed by atoms with E-state index in [1.54, 1.807) is 12.1 Å². The van der Waals surface area contributed by atoms with Gasteiger partial charge in [0.05, 0.1) is 36.3 Å². The van der Waals surface area contributed by atoms with Gasteiger partial charge < -0.3 is 10.1 Å². The van der Waals surface area contributed by atoms with Gasteiger partial charge in [0.15, 0.2) is 0 Å². The number of cyclic esters (lactones) is 1. The van der Waals surface area contributed by atoms with Crippen molar-refractivity contribution in [3.8, 4) is 6.07 Å². The average molecular weight is 615 g/mol. The van der Waals surface area contributed by atoms with Gasteiger partial charge in [0, 0.05) is 48.2 Å². The largest absolute Gasteiger partial charge is 0.449 e. The minimum atomic E-state index is -2.94. The third-order valence-electron chi connectivity index (χ3n) is 6.88. The third kappa shape index (κ3) is 6.54. The molecule has 10 nitrogen and oxygen atoms in total. The predicted octanol–water partition coefficient (Wildman–Crippen LogP) is 5.18. The van der Waals surface area contributed by atoms with E-state index in [4.69, 9.17) is 16.3 Å². The second kappa shape index (κ2) is 12.7. The lowest BCUT2D eigenvalue weighted by Gasteiger charge is -2.40. The van der Waals surface area contributed by atoms with Gasteiger partial charge in [0.2, 0.25) is 5.91 Å². The Balaban J connectivity index is 0.00000423. The molecule has 3 aromatic rings. The predicted molar refractivity (Wildman–Crippen MR) is 150 cm³/mol. The molecule has 2 atom stereocenters. The van der Waals surface area contributed by atoms with E-state index in [1.807, 2.05) is 6.07 Å². The number of benzene rings is 1. The van der Waals surface area contributed by atoms with Crippen LogP contribution >= 0.6 is 11.6 Å². The minimum Gasteiger partial charge on any atom is -0.449 e. The number of carbonyl (C=O) groups is 3. The lowest BCUT2D eigenvalue weighted by molar-refractivity contribution is -0.133. The van der Waals surface area contributed by atoms with Crippen LogP contribution in [0.3, 0.4) is 0 Å². The number of rotatable bonds is 7. The Hall–Kier alpha value is -4.70. The van der Waals surface area contributed by atoms with Crippen molar-refractivity contribution in [2.45, 2.75) is 50.7 Å². The Labute approximate surface area is 250 Å². The average Bonchev–Trinajstić information content (AvgIpc) is 2.95. The summed E-state index contributed by atoms with van der Waals surface area (Å²) in [5.41, 5.74) is 0.118. The molecule has 2 fully saturated rings. The molecule has 3 amide bonds. The highest BCUT2D eigenvalue weighted by Crippen LogP contribution is 2.39. The van der Waals surface area contributed by atoms with Gasteiger partial charge in [-0.05, 0) is 18.2 Å². The van der Waals surface area contributed by atoms with E-state index in [0.29, 0.717) is 0 Å². The molecular formula is C29H26ClF3N6O4. The summed E-state index contributed by atoms with van der Waals surface area (Å²) in [7, 11) is 0. The summed E-state index contributed by atoms with van der Waals surface area (Å²) < 4.78 is 46.8. The molecule has 0 unspecified atom stereocenters. The lowest BCUT2D eigenvalue weighted by atomic mass is 9.87. The molecule has 2 aromatic heterocycles. The number of amides is 3. The molecule has 1 saturated carbocycles. The summed E-state index contributed by atoms with van der Waals surface area (Å²) in [5, 5.41) is 12.0. The topological polar surface area (TPSA) is 129 Å². The smallest absolute Gasteiger partial charge is 0.416 e. The van der Waals surface area contributed by atoms with Crippen LogP contribution in [0.2, 0.25) is 5.02 Å². The molecule has 2 aliphatic rings. The van der Waals surface area contributed by atoms with Crippen molar-refractivity contribution in [1.82, 2.24) is 15.3 Å². The van der Waals surface area contributed by atoms with E-state index in [2.05, 4.69) is 15.3 Å². The first-order valence-corrected chi connectivity index (χ1v) is 13.1. The molecule has 1 aliphatic carbocycles. The zero-order valence-electron chi connectivity index (χ0n) is 21.7. The number of hydrogen-bond donors (Lipinski definition) is 1. The van der Waals surface area contributed by atoms with E-state index < -0.39 is 60.6 Å². The zero-order valence-corrected chi connectivity index (χ0v) is 22.5. The summed E-state index contributed by atoms with van der Waals surface area (Å²) >= 11 is 6.47. The first-order valence-electron chi connectivity index (χ1n) is 12.8. The van der Waals surface area contributed by atoms with Crippen molar-refractivity contribution in [1.29, 1.82) is 5.26 Å². The standard InChI is InChI=1S/C28H22ClF3N6O4.CH4/c29-21-4-2-1-3-20(21)24(25(39)36-18-11-28(31,32)12-18)37(19-10-17(30)14-34-15-19)26(40)22-6-8-42-27(41)38(22)23-9-16(13-33)5-7-35-23;/h1-5,7,9-10,14-15,18,22,24H,6,8,11-12H2,(H,36,39);1H4/t22-,24-;/m0./s1. The van der Waals surface area contributed by atoms with Gasteiger partial charge in [-0.25, -0.2) is 27.8 Å². The van der Waals surface area contributed by atoms with E-state index in [9.17, 15) is 32.8 Å². The summed E-state index contributed by atoms with van der Waals surface area (Å²) in [6.45, 7) is -0.168. The zero-order chi connectivity index (χ0) is 30.0. The Kier molecular flexibility index (Phi) is 9.20. The molecule has 1 N–H and O–H groups in total. The van der Waals surface area contributed by atoms with Crippen LogP contribution in [0.15, 0.2) is 61.1 Å². The van der Waals surface area contributed by atoms with Gasteiger partial charge >= 0.3 is 6.09 Å². The maximum absolute atomic E-state index is 14.5. The molecule has 0 radical (unpaired) electrons. The van der Waals surface area contributed by atoms with Gasteiger partial charge in [0.1, 0.15) is 23.7 Å². The van der Waals surface area contributed by atoms with Crippen LogP contribution < -0.4 is 15.1 Å². The number of hydrogen-bond acceptors (Lipinski definition) is 7. The fourth-order valence-electron chi connectivity index (χ4n) is 4.92. The highest BCUT2D eigenvalue weighted by atomic mass is 35.5. The fourth-order valence-corrected chi connectivity index (χ4v) is 5.16. The first-order chi connectivity index (χ1) is 20.1. The van der Waals surface area contributed by atoms with Gasteiger partial charge in [0.25, 0.3) is 11.8 Å². The SMILES string of the molecule is C.N#Cc1ccnc(N2C(=O)OCC[C@H]2C(=O)N(c2cncc(F)c2)[C@H](C(=O)NC2CC(F)(F)C2)c2ccccc2Cl)c1. The molecule has 0 spiro atoms. The Bertz CT molecular complexity index is 1580. The molecule has 14 heteroatoms. The van der Waals surface area contributed by atoms with E-state index >= 15 is 0 Å². The second-order valence-electron chi connectivity index (χ2n) is 9.77. The summed E-state index contributed by atoms with van der Waals surface area (Å²) in [4.78, 5) is 51.1. The first kappa shape index (κ1) is 31.2. The fraction of sp³-hybridized carbons (Fsp3) is 0.310. The molecule has 5 rings (SSSR count). The molecular weight excluding hydrogens is 589 g/mol. The summed E-state index contributed by atoms with van der Waals surface area (Å²) in [5.74, 6) is -5.54. The van der Waals surface area contributed by atoms with E-state index in [1.165, 1.54) is 30.5 Å². The number of nitriles is 1. The number of alkyl halides is 2. The molecule has 1 aromatic carbocycles. The number of anilines is 2. The monoisotopic (exact) mass is 614 g/mol. The highest BCUT2D eigenvalue weighted by molar-refractivity contribution is 6.31. The maximum Gasteiger partial charge on any atom is 0.416 e. The number of ether oxygens (including phenoxy) is 1. The lowest BCUT2D eigenvalue weighted by Crippen LogP contribution is -2.58. The number of nitrogens with one attached hydrogen (secondary N) is 1. The van der Waals surface area contributed by atoms with Gasteiger partial charge in [-0.2, -0.15) is 5.26 Å². The Morgan fingerprint density at radius 2 is 1.95 bits per heavy atom. The summed E-state index contributed by atoms with van der Waals surface area (Å²) in [6.07, 6.45) is 1.15. The molecule has 0 bridgehead atoms. The molecule has 224 valence electrons. The van der Waals surface area contributed by atoms with Crippen molar-refractivity contribution < 1.29 is 32.3 Å². The van der Waals surface area contributed by atoms with Crippen LogP contribution in [0.1, 0.15) is 43.9 Å².